The average molecular weight is 459 g/mol. The Bertz CT molecular complexity index is 1120. The van der Waals surface area contributed by atoms with Crippen molar-refractivity contribution in [2.75, 3.05) is 54.4 Å². The summed E-state index contributed by atoms with van der Waals surface area (Å²) in [5.41, 5.74) is 1.41. The topological polar surface area (TPSA) is 82.1 Å². The van der Waals surface area contributed by atoms with Gasteiger partial charge in [-0.3, -0.25) is 0 Å². The molecule has 2 aliphatic rings. The molecule has 11 heteroatoms. The van der Waals surface area contributed by atoms with Crippen LogP contribution in [0.15, 0.2) is 30.7 Å². The molecule has 0 atom stereocenters. The van der Waals surface area contributed by atoms with E-state index in [0.717, 1.165) is 43.9 Å². The summed E-state index contributed by atoms with van der Waals surface area (Å²) in [6, 6.07) is 2.11. The van der Waals surface area contributed by atoms with Crippen molar-refractivity contribution >= 4 is 29.2 Å². The number of aromatic nitrogens is 4. The Hall–Kier alpha value is -3.11. The second-order valence-corrected chi connectivity index (χ2v) is 7.98. The van der Waals surface area contributed by atoms with Crippen molar-refractivity contribution in [2.24, 2.45) is 0 Å². The summed E-state index contributed by atoms with van der Waals surface area (Å²) >= 11 is 6.03. The van der Waals surface area contributed by atoms with Gasteiger partial charge >= 0.3 is 0 Å². The number of nitrogens with one attached hydrogen (secondary N) is 2. The first-order valence-corrected chi connectivity index (χ1v) is 10.7. The fraction of sp³-hybridized carbons (Fsp3) is 0.333. The number of benzene rings is 1. The predicted molar refractivity (Wildman–Crippen MR) is 119 cm³/mol. The molecule has 1 fully saturated rings. The molecule has 166 valence electrons. The number of hydrogen-bond acceptors (Lipinski definition) is 8. The monoisotopic (exact) mass is 458 g/mol. The molecular formula is C21H21ClF2N8. The van der Waals surface area contributed by atoms with Crippen LogP contribution in [0.5, 0.6) is 0 Å². The van der Waals surface area contributed by atoms with Crippen molar-refractivity contribution in [3.63, 3.8) is 0 Å². The molecule has 0 amide bonds. The average Bonchev–Trinajstić information content (AvgIpc) is 2.85. The number of fused-ring (bicyclic) bond motifs is 1. The fourth-order valence-corrected chi connectivity index (χ4v) is 4.03. The minimum absolute atomic E-state index is 0.0771. The van der Waals surface area contributed by atoms with E-state index in [1.807, 2.05) is 4.90 Å². The summed E-state index contributed by atoms with van der Waals surface area (Å²) in [6.45, 7) is 4.73. The maximum atomic E-state index is 14.3. The van der Waals surface area contributed by atoms with Crippen LogP contribution < -0.4 is 20.4 Å². The Kier molecular flexibility index (Phi) is 5.71. The van der Waals surface area contributed by atoms with E-state index >= 15 is 0 Å². The SMILES string of the molecule is Fc1ccc(F)c(CN2CCNc3ncc(-c4cnc(N5CCNCC5)nc4)nc32)c1Cl. The molecule has 0 spiro atoms. The van der Waals surface area contributed by atoms with Crippen molar-refractivity contribution in [1.29, 1.82) is 0 Å². The molecule has 32 heavy (non-hydrogen) atoms. The Morgan fingerprint density at radius 3 is 2.47 bits per heavy atom. The van der Waals surface area contributed by atoms with Gasteiger partial charge in [0.1, 0.15) is 11.6 Å². The lowest BCUT2D eigenvalue weighted by Crippen LogP contribution is -2.44. The highest BCUT2D eigenvalue weighted by atomic mass is 35.5. The van der Waals surface area contributed by atoms with Crippen LogP contribution in [-0.4, -0.2) is 59.2 Å². The molecule has 2 aliphatic heterocycles. The summed E-state index contributed by atoms with van der Waals surface area (Å²) in [7, 11) is 0. The van der Waals surface area contributed by atoms with Crippen LogP contribution in [0, 0.1) is 11.6 Å². The number of hydrogen-bond donors (Lipinski definition) is 2. The van der Waals surface area contributed by atoms with E-state index in [4.69, 9.17) is 16.6 Å². The quantitative estimate of drug-likeness (QED) is 0.577. The molecule has 2 aromatic heterocycles. The summed E-state index contributed by atoms with van der Waals surface area (Å²) in [5, 5.41) is 6.28. The predicted octanol–water partition coefficient (Wildman–Crippen LogP) is 2.71. The third-order valence-electron chi connectivity index (χ3n) is 5.55. The highest BCUT2D eigenvalue weighted by Gasteiger charge is 2.24. The first-order valence-electron chi connectivity index (χ1n) is 10.4. The van der Waals surface area contributed by atoms with Crippen molar-refractivity contribution in [2.45, 2.75) is 6.54 Å². The maximum Gasteiger partial charge on any atom is 0.225 e. The molecular weight excluding hydrogens is 438 g/mol. The Morgan fingerprint density at radius 1 is 0.938 bits per heavy atom. The minimum Gasteiger partial charge on any atom is -0.365 e. The molecule has 3 aromatic rings. The zero-order valence-corrected chi connectivity index (χ0v) is 17.9. The third-order valence-corrected chi connectivity index (χ3v) is 5.96. The molecule has 2 N–H and O–H groups in total. The summed E-state index contributed by atoms with van der Waals surface area (Å²) in [5.74, 6) is 0.587. The summed E-state index contributed by atoms with van der Waals surface area (Å²) < 4.78 is 28.2. The van der Waals surface area contributed by atoms with Crippen molar-refractivity contribution < 1.29 is 8.78 Å². The van der Waals surface area contributed by atoms with E-state index in [1.165, 1.54) is 0 Å². The Balaban J connectivity index is 1.42. The van der Waals surface area contributed by atoms with Crippen molar-refractivity contribution in [1.82, 2.24) is 25.3 Å². The number of nitrogens with zero attached hydrogens (tertiary/aromatic N) is 6. The van der Waals surface area contributed by atoms with Gasteiger partial charge in [0.15, 0.2) is 11.6 Å². The lowest BCUT2D eigenvalue weighted by atomic mass is 10.1. The van der Waals surface area contributed by atoms with E-state index in [0.29, 0.717) is 36.4 Å². The van der Waals surface area contributed by atoms with Gasteiger partial charge in [-0.1, -0.05) is 11.6 Å². The second-order valence-electron chi connectivity index (χ2n) is 7.61. The van der Waals surface area contributed by atoms with Gasteiger partial charge in [0.25, 0.3) is 0 Å². The smallest absolute Gasteiger partial charge is 0.225 e. The summed E-state index contributed by atoms with van der Waals surface area (Å²) in [6.07, 6.45) is 5.10. The Morgan fingerprint density at radius 2 is 1.69 bits per heavy atom. The van der Waals surface area contributed by atoms with E-state index in [-0.39, 0.29) is 17.1 Å². The molecule has 8 nitrogen and oxygen atoms in total. The van der Waals surface area contributed by atoms with Crippen molar-refractivity contribution in [3.8, 4) is 11.3 Å². The van der Waals surface area contributed by atoms with Crippen LogP contribution in [0.2, 0.25) is 5.02 Å². The van der Waals surface area contributed by atoms with Gasteiger partial charge in [-0.05, 0) is 12.1 Å². The lowest BCUT2D eigenvalue weighted by molar-refractivity contribution is 0.580. The van der Waals surface area contributed by atoms with E-state index in [1.54, 1.807) is 18.6 Å². The maximum absolute atomic E-state index is 14.3. The molecule has 0 aliphatic carbocycles. The van der Waals surface area contributed by atoms with Crippen LogP contribution >= 0.6 is 11.6 Å². The van der Waals surface area contributed by atoms with Crippen LogP contribution in [0.1, 0.15) is 5.56 Å². The largest absolute Gasteiger partial charge is 0.365 e. The zero-order valence-electron chi connectivity index (χ0n) is 17.2. The first kappa shape index (κ1) is 20.8. The molecule has 5 rings (SSSR count). The van der Waals surface area contributed by atoms with Gasteiger partial charge < -0.3 is 20.4 Å². The standard InChI is InChI=1S/C21H21ClF2N8/c22-18-14(15(23)1-2-16(18)24)12-32-8-5-26-19-20(32)30-17(11-27-19)13-9-28-21(29-10-13)31-6-3-25-4-7-31/h1-2,9-11,25H,3-8,12H2,(H,26,27). The Labute approximate surface area is 188 Å². The number of anilines is 3. The fourth-order valence-electron chi connectivity index (χ4n) is 3.82. The van der Waals surface area contributed by atoms with Crippen LogP contribution in [0.3, 0.4) is 0 Å². The molecule has 0 radical (unpaired) electrons. The summed E-state index contributed by atoms with van der Waals surface area (Å²) in [4.78, 5) is 22.1. The third kappa shape index (κ3) is 4.03. The van der Waals surface area contributed by atoms with Crippen LogP contribution in [-0.2, 0) is 6.54 Å². The van der Waals surface area contributed by atoms with Crippen molar-refractivity contribution in [3.05, 3.63) is 52.9 Å². The first-order chi connectivity index (χ1) is 15.6. The van der Waals surface area contributed by atoms with Gasteiger partial charge in [0.05, 0.1) is 16.9 Å². The van der Waals surface area contributed by atoms with Gasteiger partial charge in [-0.25, -0.2) is 28.7 Å². The zero-order chi connectivity index (χ0) is 22.1. The van der Waals surface area contributed by atoms with E-state index in [2.05, 4.69) is 30.5 Å². The van der Waals surface area contributed by atoms with E-state index in [9.17, 15) is 8.78 Å². The number of piperazine rings is 1. The minimum atomic E-state index is -0.653. The normalized spacial score (nSPS) is 16.0. The van der Waals surface area contributed by atoms with E-state index < -0.39 is 11.6 Å². The lowest BCUT2D eigenvalue weighted by Gasteiger charge is -2.30. The highest BCUT2D eigenvalue weighted by Crippen LogP contribution is 2.31. The molecule has 1 aromatic carbocycles. The molecule has 1 saturated heterocycles. The van der Waals surface area contributed by atoms with Crippen LogP contribution in [0.25, 0.3) is 11.3 Å². The molecule has 0 bridgehead atoms. The second kappa shape index (κ2) is 8.79. The van der Waals surface area contributed by atoms with Crippen LogP contribution in [0.4, 0.5) is 26.4 Å². The van der Waals surface area contributed by atoms with Gasteiger partial charge in [0.2, 0.25) is 5.95 Å². The molecule has 0 saturated carbocycles. The molecule has 4 heterocycles. The van der Waals surface area contributed by atoms with Gasteiger partial charge in [0, 0.05) is 69.3 Å². The van der Waals surface area contributed by atoms with Gasteiger partial charge in [-0.2, -0.15) is 0 Å². The number of halogens is 3. The van der Waals surface area contributed by atoms with Gasteiger partial charge in [-0.15, -0.1) is 0 Å². The number of rotatable bonds is 4. The molecule has 0 unspecified atom stereocenters. The highest BCUT2D eigenvalue weighted by molar-refractivity contribution is 6.31.